The lowest BCUT2D eigenvalue weighted by Crippen LogP contribution is -2.36. The van der Waals surface area contributed by atoms with Gasteiger partial charge < -0.3 is 19.9 Å². The Kier molecular flexibility index (Phi) is 8.50. The number of halogens is 4. The number of carbonyl (C=O) groups is 1. The Labute approximate surface area is 140 Å². The van der Waals surface area contributed by atoms with Crippen LogP contribution in [0.2, 0.25) is 6.32 Å². The van der Waals surface area contributed by atoms with Gasteiger partial charge in [0.1, 0.15) is 25.1 Å². The molecular weight excluding hydrogens is 351 g/mol. The Morgan fingerprint density at radius 2 is 2.20 bits per heavy atom. The number of aliphatic hydroxyl groups is 1. The molecule has 1 heterocycles. The Balaban J connectivity index is 2.39. The van der Waals surface area contributed by atoms with Gasteiger partial charge in [-0.2, -0.15) is 13.2 Å². The molecule has 1 rings (SSSR count). The first-order valence-corrected chi connectivity index (χ1v) is 6.98. The number of hydrogen-bond acceptors (Lipinski definition) is 5. The average Bonchev–Trinajstić information content (AvgIpc) is 2.86. The number of ether oxygens (including phenoxy) is 2. The Morgan fingerprint density at radius 1 is 1.48 bits per heavy atom. The summed E-state index contributed by atoms with van der Waals surface area (Å²) < 4.78 is 60.1. The minimum absolute atomic E-state index is 0.0197. The van der Waals surface area contributed by atoms with Crippen LogP contribution >= 0.6 is 0 Å². The second-order valence-electron chi connectivity index (χ2n) is 4.73. The van der Waals surface area contributed by atoms with Gasteiger partial charge in [-0.15, -0.1) is 5.92 Å². The van der Waals surface area contributed by atoms with Crippen molar-refractivity contribution in [2.24, 2.45) is 5.11 Å². The predicted octanol–water partition coefficient (Wildman–Crippen LogP) is 0.499. The fourth-order valence-corrected chi connectivity index (χ4v) is 1.96. The molecule has 1 radical (unpaired) electrons. The predicted molar refractivity (Wildman–Crippen MR) is 76.9 cm³/mol. The zero-order valence-corrected chi connectivity index (χ0v) is 12.7. The number of azide groups is 1. The van der Waals surface area contributed by atoms with Gasteiger partial charge in [-0.1, -0.05) is 11.0 Å². The number of rotatable bonds is 7. The van der Waals surface area contributed by atoms with E-state index in [0.717, 1.165) is 0 Å². The molecule has 8 nitrogen and oxygen atoms in total. The Hall–Kier alpha value is -2.00. The first kappa shape index (κ1) is 21.0. The molecule has 0 aromatic rings. The van der Waals surface area contributed by atoms with E-state index in [-0.39, 0.29) is 6.32 Å². The van der Waals surface area contributed by atoms with Gasteiger partial charge in [0, 0.05) is 4.91 Å². The van der Waals surface area contributed by atoms with Crippen LogP contribution in [0.5, 0.6) is 0 Å². The first-order chi connectivity index (χ1) is 11.8. The van der Waals surface area contributed by atoms with Crippen molar-refractivity contribution >= 4 is 13.2 Å². The first-order valence-electron chi connectivity index (χ1n) is 6.98. The molecule has 25 heavy (non-hydrogen) atoms. The van der Waals surface area contributed by atoms with E-state index in [9.17, 15) is 22.4 Å². The van der Waals surface area contributed by atoms with Crippen LogP contribution in [-0.4, -0.2) is 68.7 Å². The quantitative estimate of drug-likeness (QED) is 0.171. The third-order valence-electron chi connectivity index (χ3n) is 3.07. The number of hydrogen-bond donors (Lipinski definition) is 2. The summed E-state index contributed by atoms with van der Waals surface area (Å²) in [6.07, 6.45) is -8.72. The van der Waals surface area contributed by atoms with Crippen LogP contribution in [0.25, 0.3) is 10.4 Å². The largest absolute Gasteiger partial charge is 0.471 e. The van der Waals surface area contributed by atoms with Gasteiger partial charge in [-0.05, 0) is 11.9 Å². The number of nitrogens with zero attached hydrogens (tertiary/aromatic N) is 3. The van der Waals surface area contributed by atoms with E-state index in [4.69, 9.17) is 20.1 Å². The number of nitrogens with one attached hydrogen (secondary N) is 1. The molecule has 0 aliphatic carbocycles. The van der Waals surface area contributed by atoms with E-state index in [1.165, 1.54) is 7.28 Å². The van der Waals surface area contributed by atoms with Crippen molar-refractivity contribution in [2.75, 3.05) is 19.9 Å². The average molecular weight is 365 g/mol. The second-order valence-corrected chi connectivity index (χ2v) is 4.73. The highest BCUT2D eigenvalue weighted by Crippen LogP contribution is 2.26. The molecule has 2 unspecified atom stereocenters. The summed E-state index contributed by atoms with van der Waals surface area (Å²) in [6.45, 7) is -1.44. The maximum atomic E-state index is 14.2. The van der Waals surface area contributed by atoms with Crippen LogP contribution in [0.3, 0.4) is 0 Å². The number of aliphatic hydroxyl groups excluding tert-OH is 1. The van der Waals surface area contributed by atoms with Crippen molar-refractivity contribution in [3.8, 4) is 11.8 Å². The van der Waals surface area contributed by atoms with Gasteiger partial charge in [-0.25, -0.2) is 4.39 Å². The highest BCUT2D eigenvalue weighted by atomic mass is 19.4. The maximum Gasteiger partial charge on any atom is 0.471 e. The van der Waals surface area contributed by atoms with Crippen LogP contribution in [0.1, 0.15) is 0 Å². The SMILES string of the molecule is [N-]=[N+]=NCOC1C(F)[C@H]([B]CC#CCNC(=O)C(F)(F)F)O[C@@H]1CO. The van der Waals surface area contributed by atoms with E-state index in [1.807, 2.05) is 0 Å². The molecule has 13 heteroatoms. The molecule has 0 aromatic heterocycles. The topological polar surface area (TPSA) is 117 Å². The molecule has 1 aliphatic rings. The molecule has 0 spiro atoms. The van der Waals surface area contributed by atoms with Gasteiger partial charge in [-0.3, -0.25) is 4.79 Å². The van der Waals surface area contributed by atoms with Crippen molar-refractivity contribution < 1.29 is 36.9 Å². The third-order valence-corrected chi connectivity index (χ3v) is 3.07. The number of carbonyl (C=O) groups excluding carboxylic acids is 1. The minimum atomic E-state index is -4.98. The summed E-state index contributed by atoms with van der Waals surface area (Å²) >= 11 is 0. The molecule has 0 saturated carbocycles. The summed E-state index contributed by atoms with van der Waals surface area (Å²) in [5.41, 5.74) is 8.14. The van der Waals surface area contributed by atoms with Crippen LogP contribution < -0.4 is 5.32 Å². The van der Waals surface area contributed by atoms with Gasteiger partial charge in [0.15, 0.2) is 7.28 Å². The monoisotopic (exact) mass is 365 g/mol. The summed E-state index contributed by atoms with van der Waals surface area (Å²) in [5, 5.41) is 13.8. The van der Waals surface area contributed by atoms with Crippen molar-refractivity contribution in [3.05, 3.63) is 10.4 Å². The highest BCUT2D eigenvalue weighted by molar-refractivity contribution is 6.38. The molecule has 0 bridgehead atoms. The molecule has 1 fully saturated rings. The summed E-state index contributed by atoms with van der Waals surface area (Å²) in [5.74, 6) is 2.62. The standard InChI is InChI=1S/C12H14BF4N4O4/c14-8-9(24-6-20-21-18)7(5-22)25-10(8)13-3-1-2-4-19-11(23)12(15,16)17/h7-10,22H,3-6H2,(H,19,23)/t7-,8?,9?,10-/m1/s1. The van der Waals surface area contributed by atoms with Crippen molar-refractivity contribution in [1.82, 2.24) is 5.32 Å². The van der Waals surface area contributed by atoms with E-state index < -0.39 is 56.3 Å². The normalized spacial score (nSPS) is 25.5. The lowest BCUT2D eigenvalue weighted by atomic mass is 9.66. The van der Waals surface area contributed by atoms with Gasteiger partial charge in [0.25, 0.3) is 0 Å². The third kappa shape index (κ3) is 6.79. The molecule has 2 N–H and O–H groups in total. The van der Waals surface area contributed by atoms with E-state index >= 15 is 0 Å². The molecule has 4 atom stereocenters. The van der Waals surface area contributed by atoms with Crippen LogP contribution in [-0.2, 0) is 14.3 Å². The lowest BCUT2D eigenvalue weighted by Gasteiger charge is -2.16. The van der Waals surface area contributed by atoms with Crippen molar-refractivity contribution in [1.29, 1.82) is 0 Å². The number of alkyl halides is 4. The van der Waals surface area contributed by atoms with Crippen LogP contribution in [0, 0.1) is 11.8 Å². The van der Waals surface area contributed by atoms with Crippen molar-refractivity contribution in [2.45, 2.75) is 36.9 Å². The lowest BCUT2D eigenvalue weighted by molar-refractivity contribution is -0.173. The second kappa shape index (κ2) is 10.1. The number of amides is 1. The zero-order chi connectivity index (χ0) is 18.9. The molecule has 1 saturated heterocycles. The van der Waals surface area contributed by atoms with Crippen molar-refractivity contribution in [3.63, 3.8) is 0 Å². The van der Waals surface area contributed by atoms with Crippen LogP contribution in [0.4, 0.5) is 17.6 Å². The molecule has 1 aliphatic heterocycles. The Bertz CT molecular complexity index is 562. The fourth-order valence-electron chi connectivity index (χ4n) is 1.96. The van der Waals surface area contributed by atoms with Gasteiger partial charge in [0.05, 0.1) is 19.2 Å². The minimum Gasteiger partial charge on any atom is -0.394 e. The summed E-state index contributed by atoms with van der Waals surface area (Å²) in [7, 11) is 1.32. The molecule has 0 aromatic carbocycles. The molecule has 1 amide bonds. The molecular formula is C12H14BF4N4O4. The highest BCUT2D eigenvalue weighted by Gasteiger charge is 2.45. The Morgan fingerprint density at radius 3 is 2.80 bits per heavy atom. The van der Waals surface area contributed by atoms with E-state index in [1.54, 1.807) is 5.32 Å². The van der Waals surface area contributed by atoms with Gasteiger partial charge in [0.2, 0.25) is 0 Å². The van der Waals surface area contributed by atoms with E-state index in [0.29, 0.717) is 0 Å². The summed E-state index contributed by atoms with van der Waals surface area (Å²) in [4.78, 5) is 13.0. The summed E-state index contributed by atoms with van der Waals surface area (Å²) in [6, 6.07) is -1.05. The zero-order valence-electron chi connectivity index (χ0n) is 12.7. The fraction of sp³-hybridized carbons (Fsp3) is 0.750. The van der Waals surface area contributed by atoms with Crippen LogP contribution in [0.15, 0.2) is 5.11 Å². The maximum absolute atomic E-state index is 14.2. The molecule has 137 valence electrons. The smallest absolute Gasteiger partial charge is 0.394 e. The van der Waals surface area contributed by atoms with Gasteiger partial charge >= 0.3 is 12.1 Å². The van der Waals surface area contributed by atoms with E-state index in [2.05, 4.69) is 21.9 Å².